The van der Waals surface area contributed by atoms with Gasteiger partial charge in [0.1, 0.15) is 0 Å². The molecule has 1 aliphatic carbocycles. The summed E-state index contributed by atoms with van der Waals surface area (Å²) in [7, 11) is 0. The Labute approximate surface area is 130 Å². The highest BCUT2D eigenvalue weighted by molar-refractivity contribution is 6.30. The molecule has 0 bridgehead atoms. The number of benzene rings is 1. The SMILES string of the molecule is CC(c1ccc(Cl)cc1)n1ccc2c1CC(C)(C)CC2=O. The number of hydrogen-bond acceptors (Lipinski definition) is 1. The van der Waals surface area contributed by atoms with Crippen molar-refractivity contribution in [1.29, 1.82) is 0 Å². The van der Waals surface area contributed by atoms with Gasteiger partial charge in [0.15, 0.2) is 5.78 Å². The first-order valence-corrected chi connectivity index (χ1v) is 7.73. The number of nitrogens with zero attached hydrogens (tertiary/aromatic N) is 1. The van der Waals surface area contributed by atoms with E-state index in [1.54, 1.807) is 0 Å². The first kappa shape index (κ1) is 14.4. The molecular weight excluding hydrogens is 282 g/mol. The lowest BCUT2D eigenvalue weighted by Crippen LogP contribution is -2.28. The fourth-order valence-corrected chi connectivity index (χ4v) is 3.36. The van der Waals surface area contributed by atoms with Crippen molar-refractivity contribution in [3.05, 3.63) is 58.4 Å². The molecule has 0 aliphatic heterocycles. The number of hydrogen-bond donors (Lipinski definition) is 0. The largest absolute Gasteiger partial charge is 0.344 e. The minimum absolute atomic E-state index is 0.0416. The maximum absolute atomic E-state index is 12.3. The Morgan fingerprint density at radius 2 is 1.81 bits per heavy atom. The first-order chi connectivity index (χ1) is 9.87. The predicted octanol–water partition coefficient (Wildman–Crippen LogP) is 4.91. The first-order valence-electron chi connectivity index (χ1n) is 7.36. The number of aromatic nitrogens is 1. The van der Waals surface area contributed by atoms with Crippen LogP contribution in [0, 0.1) is 5.41 Å². The number of Topliss-reactive ketones (excluding diaryl/α,β-unsaturated/α-hetero) is 1. The van der Waals surface area contributed by atoms with E-state index in [0.717, 1.165) is 17.0 Å². The van der Waals surface area contributed by atoms with Crippen molar-refractivity contribution in [3.8, 4) is 0 Å². The molecule has 1 atom stereocenters. The van der Waals surface area contributed by atoms with Crippen LogP contribution in [0.25, 0.3) is 0 Å². The molecule has 0 saturated carbocycles. The lowest BCUT2D eigenvalue weighted by molar-refractivity contribution is 0.0909. The normalized spacial score (nSPS) is 18.4. The molecule has 1 heterocycles. The Bertz CT molecular complexity index is 682. The number of carbonyl (C=O) groups excluding carboxylic acids is 1. The lowest BCUT2D eigenvalue weighted by atomic mass is 9.76. The Kier molecular flexibility index (Phi) is 3.45. The zero-order valence-corrected chi connectivity index (χ0v) is 13.4. The molecule has 3 heteroatoms. The molecule has 3 rings (SSSR count). The van der Waals surface area contributed by atoms with Crippen LogP contribution in [0.3, 0.4) is 0 Å². The topological polar surface area (TPSA) is 22.0 Å². The summed E-state index contributed by atoms with van der Waals surface area (Å²) in [5, 5.41) is 0.747. The van der Waals surface area contributed by atoms with E-state index in [0.29, 0.717) is 6.42 Å². The van der Waals surface area contributed by atoms with Crippen molar-refractivity contribution in [1.82, 2.24) is 4.57 Å². The third-order valence-corrected chi connectivity index (χ3v) is 4.63. The summed E-state index contributed by atoms with van der Waals surface area (Å²) in [5.41, 5.74) is 3.31. The van der Waals surface area contributed by atoms with Crippen molar-refractivity contribution in [3.63, 3.8) is 0 Å². The van der Waals surface area contributed by atoms with Gasteiger partial charge in [0.2, 0.25) is 0 Å². The summed E-state index contributed by atoms with van der Waals surface area (Å²) < 4.78 is 2.23. The van der Waals surface area contributed by atoms with Crippen molar-refractivity contribution in [2.75, 3.05) is 0 Å². The standard InChI is InChI=1S/C18H20ClNO/c1-12(13-4-6-14(19)7-5-13)20-9-8-15-16(20)10-18(2,3)11-17(15)21/h4-9,12H,10-11H2,1-3H3. The number of fused-ring (bicyclic) bond motifs is 1. The average Bonchev–Trinajstić information content (AvgIpc) is 2.81. The van der Waals surface area contributed by atoms with Crippen molar-refractivity contribution in [2.24, 2.45) is 5.41 Å². The van der Waals surface area contributed by atoms with E-state index >= 15 is 0 Å². The van der Waals surface area contributed by atoms with Gasteiger partial charge in [0.05, 0.1) is 6.04 Å². The highest BCUT2D eigenvalue weighted by atomic mass is 35.5. The maximum atomic E-state index is 12.3. The van der Waals surface area contributed by atoms with Crippen LogP contribution in [-0.4, -0.2) is 10.4 Å². The Hall–Kier alpha value is -1.54. The monoisotopic (exact) mass is 301 g/mol. The summed E-state index contributed by atoms with van der Waals surface area (Å²) >= 11 is 5.96. The minimum Gasteiger partial charge on any atom is -0.344 e. The second-order valence-electron chi connectivity index (χ2n) is 6.75. The molecule has 110 valence electrons. The summed E-state index contributed by atoms with van der Waals surface area (Å²) in [6, 6.07) is 10.1. The minimum atomic E-state index is 0.0416. The molecule has 0 N–H and O–H groups in total. The van der Waals surface area contributed by atoms with Crippen LogP contribution in [-0.2, 0) is 6.42 Å². The highest BCUT2D eigenvalue weighted by Gasteiger charge is 2.33. The van der Waals surface area contributed by atoms with Crippen LogP contribution in [0.1, 0.15) is 54.8 Å². The fraction of sp³-hybridized carbons (Fsp3) is 0.389. The van der Waals surface area contributed by atoms with Crippen molar-refractivity contribution < 1.29 is 4.79 Å². The van der Waals surface area contributed by atoms with Gasteiger partial charge in [-0.15, -0.1) is 0 Å². The molecule has 0 fully saturated rings. The average molecular weight is 302 g/mol. The molecule has 0 amide bonds. The van der Waals surface area contributed by atoms with Crippen molar-refractivity contribution in [2.45, 2.75) is 39.7 Å². The zero-order valence-electron chi connectivity index (χ0n) is 12.7. The Morgan fingerprint density at radius 1 is 1.14 bits per heavy atom. The van der Waals surface area contributed by atoms with E-state index in [1.807, 2.05) is 24.4 Å². The number of rotatable bonds is 2. The third kappa shape index (κ3) is 2.65. The van der Waals surface area contributed by atoms with E-state index in [4.69, 9.17) is 11.6 Å². The summed E-state index contributed by atoms with van der Waals surface area (Å²) in [5.74, 6) is 0.267. The van der Waals surface area contributed by atoms with E-state index < -0.39 is 0 Å². The van der Waals surface area contributed by atoms with Crippen LogP contribution >= 0.6 is 11.6 Å². The Balaban J connectivity index is 2.01. The quantitative estimate of drug-likeness (QED) is 0.773. The molecule has 0 spiro atoms. The van der Waals surface area contributed by atoms with Crippen LogP contribution in [0.4, 0.5) is 0 Å². The van der Waals surface area contributed by atoms with Gasteiger partial charge in [-0.1, -0.05) is 37.6 Å². The van der Waals surface area contributed by atoms with Crippen LogP contribution < -0.4 is 0 Å². The van der Waals surface area contributed by atoms with Gasteiger partial charge in [-0.2, -0.15) is 0 Å². The van der Waals surface area contributed by atoms with Gasteiger partial charge in [0, 0.05) is 28.9 Å². The maximum Gasteiger partial charge on any atom is 0.165 e. The number of halogens is 1. The Morgan fingerprint density at radius 3 is 2.48 bits per heavy atom. The third-order valence-electron chi connectivity index (χ3n) is 4.38. The molecule has 0 saturated heterocycles. The van der Waals surface area contributed by atoms with E-state index in [2.05, 4.69) is 37.5 Å². The molecule has 1 aromatic carbocycles. The van der Waals surface area contributed by atoms with Gasteiger partial charge in [-0.3, -0.25) is 4.79 Å². The van der Waals surface area contributed by atoms with Crippen molar-refractivity contribution >= 4 is 17.4 Å². The smallest absolute Gasteiger partial charge is 0.165 e. The molecule has 0 radical (unpaired) electrons. The summed E-state index contributed by atoms with van der Waals surface area (Å²) in [4.78, 5) is 12.3. The second-order valence-corrected chi connectivity index (χ2v) is 7.19. The van der Waals surface area contributed by atoms with Gasteiger partial charge < -0.3 is 4.57 Å². The molecule has 1 unspecified atom stereocenters. The van der Waals surface area contributed by atoms with Gasteiger partial charge in [0.25, 0.3) is 0 Å². The van der Waals surface area contributed by atoms with Gasteiger partial charge in [-0.25, -0.2) is 0 Å². The molecule has 2 aromatic rings. The van der Waals surface area contributed by atoms with Crippen LogP contribution in [0.2, 0.25) is 5.02 Å². The lowest BCUT2D eigenvalue weighted by Gasteiger charge is -2.31. The second kappa shape index (κ2) is 5.03. The molecule has 1 aromatic heterocycles. The molecule has 21 heavy (non-hydrogen) atoms. The zero-order chi connectivity index (χ0) is 15.2. The summed E-state index contributed by atoms with van der Waals surface area (Å²) in [6.07, 6.45) is 3.63. The number of carbonyl (C=O) groups is 1. The summed E-state index contributed by atoms with van der Waals surface area (Å²) in [6.45, 7) is 6.49. The fourth-order valence-electron chi connectivity index (χ4n) is 3.23. The van der Waals surface area contributed by atoms with Gasteiger partial charge >= 0.3 is 0 Å². The number of ketones is 1. The molecule has 2 nitrogen and oxygen atoms in total. The van der Waals surface area contributed by atoms with Crippen LogP contribution in [0.15, 0.2) is 36.5 Å². The predicted molar refractivity (Wildman–Crippen MR) is 86.1 cm³/mol. The van der Waals surface area contributed by atoms with Gasteiger partial charge in [-0.05, 0) is 42.5 Å². The molecule has 1 aliphatic rings. The molecular formula is C18H20ClNO. The highest BCUT2D eigenvalue weighted by Crippen LogP contribution is 2.37. The van der Waals surface area contributed by atoms with E-state index in [1.165, 1.54) is 11.3 Å². The van der Waals surface area contributed by atoms with Crippen LogP contribution in [0.5, 0.6) is 0 Å². The van der Waals surface area contributed by atoms with E-state index in [-0.39, 0.29) is 17.2 Å². The van der Waals surface area contributed by atoms with E-state index in [9.17, 15) is 4.79 Å².